The fraction of sp³-hybridized carbons (Fsp3) is 0.440. The minimum atomic E-state index is -3.57. The molecule has 2 aromatic rings. The van der Waals surface area contributed by atoms with Crippen LogP contribution in [0.4, 0.5) is 5.69 Å². The molecule has 176 valence electrons. The van der Waals surface area contributed by atoms with Crippen molar-refractivity contribution in [3.8, 4) is 6.07 Å². The molecule has 1 aliphatic rings. The van der Waals surface area contributed by atoms with Gasteiger partial charge in [0.15, 0.2) is 0 Å². The lowest BCUT2D eigenvalue weighted by Gasteiger charge is -2.35. The maximum atomic E-state index is 13.2. The van der Waals surface area contributed by atoms with Crippen LogP contribution in [0.5, 0.6) is 0 Å². The number of aryl methyl sites for hydroxylation is 4. The summed E-state index contributed by atoms with van der Waals surface area (Å²) in [6.07, 6.45) is 0.251. The molecule has 8 heteroatoms. The molecule has 0 unspecified atom stereocenters. The van der Waals surface area contributed by atoms with Crippen LogP contribution in [-0.4, -0.2) is 62.8 Å². The number of amides is 1. The van der Waals surface area contributed by atoms with Crippen LogP contribution < -0.4 is 4.90 Å². The molecule has 2 aromatic carbocycles. The Hall–Kier alpha value is -2.73. The summed E-state index contributed by atoms with van der Waals surface area (Å²) < 4.78 is 27.8. The normalized spacial score (nSPS) is 15.2. The molecule has 7 nitrogen and oxygen atoms in total. The molecule has 1 amide bonds. The van der Waals surface area contributed by atoms with Crippen molar-refractivity contribution >= 4 is 21.6 Å². The summed E-state index contributed by atoms with van der Waals surface area (Å²) >= 11 is 0. The van der Waals surface area contributed by atoms with E-state index >= 15 is 0 Å². The van der Waals surface area contributed by atoms with E-state index in [2.05, 4.69) is 6.07 Å². The monoisotopic (exact) mass is 468 g/mol. The Kier molecular flexibility index (Phi) is 7.90. The van der Waals surface area contributed by atoms with E-state index in [4.69, 9.17) is 5.26 Å². The molecule has 1 saturated heterocycles. The van der Waals surface area contributed by atoms with Gasteiger partial charge in [0.25, 0.3) is 0 Å². The van der Waals surface area contributed by atoms with Crippen LogP contribution >= 0.6 is 0 Å². The quantitative estimate of drug-likeness (QED) is 0.623. The molecular formula is C25H32N4O3S. The number of hydrogen-bond acceptors (Lipinski definition) is 5. The Morgan fingerprint density at radius 1 is 0.970 bits per heavy atom. The first-order valence-electron chi connectivity index (χ1n) is 11.2. The smallest absolute Gasteiger partial charge is 0.243 e. The van der Waals surface area contributed by atoms with Gasteiger partial charge in [-0.05, 0) is 68.1 Å². The number of sulfonamides is 1. The summed E-state index contributed by atoms with van der Waals surface area (Å²) in [6, 6.07) is 13.5. The molecule has 0 saturated carbocycles. The summed E-state index contributed by atoms with van der Waals surface area (Å²) in [5, 5.41) is 9.05. The second-order valence-electron chi connectivity index (χ2n) is 8.75. The van der Waals surface area contributed by atoms with E-state index in [1.165, 1.54) is 4.31 Å². The third-order valence-electron chi connectivity index (χ3n) is 5.92. The standard InChI is InChI=1S/C25H32N4O3S/c1-19-6-7-22(4)24(17-19)33(31,32)28-12-10-27(11-13-28)18-25(30)29(9-5-8-26)23-15-20(2)14-21(3)16-23/h6-7,14-17H,5,9-13,18H2,1-4H3. The number of carbonyl (C=O) groups is 1. The highest BCUT2D eigenvalue weighted by Crippen LogP contribution is 2.23. The van der Waals surface area contributed by atoms with E-state index in [1.807, 2.05) is 62.9 Å². The third-order valence-corrected chi connectivity index (χ3v) is 7.96. The highest BCUT2D eigenvalue weighted by Gasteiger charge is 2.31. The van der Waals surface area contributed by atoms with Crippen molar-refractivity contribution in [2.24, 2.45) is 0 Å². The van der Waals surface area contributed by atoms with Crippen molar-refractivity contribution < 1.29 is 13.2 Å². The van der Waals surface area contributed by atoms with Gasteiger partial charge in [0.05, 0.1) is 23.9 Å². The molecule has 0 atom stereocenters. The van der Waals surface area contributed by atoms with E-state index in [1.54, 1.807) is 11.0 Å². The zero-order valence-corrected chi connectivity index (χ0v) is 20.7. The number of benzene rings is 2. The second kappa shape index (κ2) is 10.5. The first kappa shape index (κ1) is 24.9. The van der Waals surface area contributed by atoms with Crippen molar-refractivity contribution in [2.75, 3.05) is 44.2 Å². The maximum Gasteiger partial charge on any atom is 0.243 e. The average Bonchev–Trinajstić information content (AvgIpc) is 2.75. The molecule has 0 aliphatic carbocycles. The topological polar surface area (TPSA) is 84.7 Å². The van der Waals surface area contributed by atoms with E-state index in [9.17, 15) is 13.2 Å². The van der Waals surface area contributed by atoms with Crippen LogP contribution in [0.1, 0.15) is 28.7 Å². The lowest BCUT2D eigenvalue weighted by atomic mass is 10.1. The Balaban J connectivity index is 1.68. The average molecular weight is 469 g/mol. The first-order chi connectivity index (χ1) is 15.6. The number of rotatable bonds is 7. The molecule has 0 radical (unpaired) electrons. The van der Waals surface area contributed by atoms with Gasteiger partial charge >= 0.3 is 0 Å². The molecular weight excluding hydrogens is 436 g/mol. The molecule has 3 rings (SSSR count). The fourth-order valence-corrected chi connectivity index (χ4v) is 5.93. The Bertz CT molecular complexity index is 1140. The Morgan fingerprint density at radius 2 is 1.61 bits per heavy atom. The molecule has 0 bridgehead atoms. The minimum Gasteiger partial charge on any atom is -0.310 e. The summed E-state index contributed by atoms with van der Waals surface area (Å²) in [7, 11) is -3.57. The maximum absolute atomic E-state index is 13.2. The zero-order valence-electron chi connectivity index (χ0n) is 19.8. The number of anilines is 1. The minimum absolute atomic E-state index is 0.0823. The van der Waals surface area contributed by atoms with Crippen molar-refractivity contribution in [1.82, 2.24) is 9.21 Å². The number of hydrogen-bond donors (Lipinski definition) is 0. The summed E-state index contributed by atoms with van der Waals surface area (Å²) in [5.74, 6) is -0.0823. The number of carbonyl (C=O) groups excluding carboxylic acids is 1. The molecule has 0 N–H and O–H groups in total. The summed E-state index contributed by atoms with van der Waals surface area (Å²) in [6.45, 7) is 9.83. The zero-order chi connectivity index (χ0) is 24.2. The van der Waals surface area contributed by atoms with Crippen molar-refractivity contribution in [3.63, 3.8) is 0 Å². The van der Waals surface area contributed by atoms with Crippen molar-refractivity contribution in [1.29, 1.82) is 5.26 Å². The van der Waals surface area contributed by atoms with Gasteiger partial charge in [0.2, 0.25) is 15.9 Å². The third kappa shape index (κ3) is 5.99. The van der Waals surface area contributed by atoms with Gasteiger partial charge in [-0.25, -0.2) is 8.42 Å². The molecule has 1 heterocycles. The Morgan fingerprint density at radius 3 is 2.21 bits per heavy atom. The number of nitriles is 1. The molecule has 0 aromatic heterocycles. The summed E-state index contributed by atoms with van der Waals surface area (Å²) in [4.78, 5) is 17.2. The van der Waals surface area contributed by atoms with E-state index < -0.39 is 10.0 Å². The van der Waals surface area contributed by atoms with E-state index in [0.29, 0.717) is 37.6 Å². The van der Waals surface area contributed by atoms with Gasteiger partial charge in [0, 0.05) is 38.4 Å². The lowest BCUT2D eigenvalue weighted by Crippen LogP contribution is -2.51. The van der Waals surface area contributed by atoms with Gasteiger partial charge in [-0.15, -0.1) is 0 Å². The van der Waals surface area contributed by atoms with Gasteiger partial charge in [-0.3, -0.25) is 9.69 Å². The second-order valence-corrected chi connectivity index (χ2v) is 10.7. The van der Waals surface area contributed by atoms with Crippen molar-refractivity contribution in [2.45, 2.75) is 39.0 Å². The van der Waals surface area contributed by atoms with Crippen LogP contribution in [0.25, 0.3) is 0 Å². The molecule has 33 heavy (non-hydrogen) atoms. The highest BCUT2D eigenvalue weighted by atomic mass is 32.2. The SMILES string of the molecule is Cc1cc(C)cc(N(CCC#N)C(=O)CN2CCN(S(=O)(=O)c3cc(C)ccc3C)CC2)c1. The molecule has 1 fully saturated rings. The first-order valence-corrected chi connectivity index (χ1v) is 12.6. The van der Waals surface area contributed by atoms with Crippen LogP contribution in [0, 0.1) is 39.0 Å². The van der Waals surface area contributed by atoms with Gasteiger partial charge < -0.3 is 4.90 Å². The van der Waals surface area contributed by atoms with Crippen molar-refractivity contribution in [3.05, 3.63) is 58.7 Å². The number of nitrogens with zero attached hydrogens (tertiary/aromatic N) is 4. The molecule has 0 spiro atoms. The lowest BCUT2D eigenvalue weighted by molar-refractivity contribution is -0.120. The fourth-order valence-electron chi connectivity index (χ4n) is 4.20. The van der Waals surface area contributed by atoms with Gasteiger partial charge in [-0.2, -0.15) is 9.57 Å². The summed E-state index contributed by atoms with van der Waals surface area (Å²) in [5.41, 5.74) is 4.56. The van der Waals surface area contributed by atoms with Crippen LogP contribution in [0.3, 0.4) is 0 Å². The predicted molar refractivity (Wildman–Crippen MR) is 130 cm³/mol. The Labute approximate surface area is 197 Å². The van der Waals surface area contributed by atoms with Gasteiger partial charge in [-0.1, -0.05) is 18.2 Å². The van der Waals surface area contributed by atoms with E-state index in [0.717, 1.165) is 27.9 Å². The largest absolute Gasteiger partial charge is 0.310 e. The predicted octanol–water partition coefficient (Wildman–Crippen LogP) is 3.17. The highest BCUT2D eigenvalue weighted by molar-refractivity contribution is 7.89. The van der Waals surface area contributed by atoms with Crippen LogP contribution in [-0.2, 0) is 14.8 Å². The van der Waals surface area contributed by atoms with E-state index in [-0.39, 0.29) is 18.9 Å². The van der Waals surface area contributed by atoms with Gasteiger partial charge in [0.1, 0.15) is 0 Å². The molecule has 1 aliphatic heterocycles. The number of piperazine rings is 1. The van der Waals surface area contributed by atoms with Crippen LogP contribution in [0.2, 0.25) is 0 Å². The van der Waals surface area contributed by atoms with Crippen LogP contribution in [0.15, 0.2) is 41.3 Å².